The molecule has 0 aromatic heterocycles. The minimum atomic E-state index is -0.903. The van der Waals surface area contributed by atoms with Gasteiger partial charge in [-0.05, 0) is 32.6 Å². The molecule has 0 bridgehead atoms. The summed E-state index contributed by atoms with van der Waals surface area (Å²) in [6.07, 6.45) is 8.43. The van der Waals surface area contributed by atoms with Crippen LogP contribution in [0.4, 0.5) is 4.79 Å². The molecular weight excluding hydrogens is 268 g/mol. The number of unbranched alkanes of at least 4 members (excludes halogenated alkanes) is 5. The Bertz CT molecular complexity index is 323. The molecule has 21 heavy (non-hydrogen) atoms. The molecule has 0 aromatic carbocycles. The van der Waals surface area contributed by atoms with Gasteiger partial charge in [0.05, 0.1) is 0 Å². The zero-order valence-electron chi connectivity index (χ0n) is 13.8. The zero-order chi connectivity index (χ0) is 16.1. The molecule has 0 aromatic rings. The Morgan fingerprint density at radius 2 is 1.48 bits per heavy atom. The van der Waals surface area contributed by atoms with Crippen LogP contribution in [0.2, 0.25) is 0 Å². The minimum absolute atomic E-state index is 0.154. The summed E-state index contributed by atoms with van der Waals surface area (Å²) in [6.45, 7) is 9.23. The van der Waals surface area contributed by atoms with Crippen molar-refractivity contribution in [2.45, 2.75) is 84.7 Å². The molecule has 0 saturated carbocycles. The first-order valence-electron chi connectivity index (χ1n) is 8.09. The van der Waals surface area contributed by atoms with Crippen molar-refractivity contribution < 1.29 is 19.1 Å². The van der Waals surface area contributed by atoms with Crippen molar-refractivity contribution in [3.05, 3.63) is 12.2 Å². The van der Waals surface area contributed by atoms with Gasteiger partial charge in [-0.15, -0.1) is 0 Å². The van der Waals surface area contributed by atoms with Crippen molar-refractivity contribution in [2.75, 3.05) is 0 Å². The first kappa shape index (κ1) is 19.7. The molecule has 4 nitrogen and oxygen atoms in total. The molecule has 0 radical (unpaired) electrons. The Morgan fingerprint density at radius 3 is 2.00 bits per heavy atom. The Kier molecular flexibility index (Phi) is 11.6. The molecule has 4 heteroatoms. The lowest BCUT2D eigenvalue weighted by Crippen LogP contribution is -2.22. The van der Waals surface area contributed by atoms with E-state index in [-0.39, 0.29) is 11.7 Å². The van der Waals surface area contributed by atoms with Crippen LogP contribution in [0.3, 0.4) is 0 Å². The van der Waals surface area contributed by atoms with Crippen LogP contribution < -0.4 is 0 Å². The molecule has 0 N–H and O–H groups in total. The van der Waals surface area contributed by atoms with E-state index in [9.17, 15) is 9.59 Å². The number of hydrogen-bond donors (Lipinski definition) is 0. The van der Waals surface area contributed by atoms with Crippen molar-refractivity contribution in [1.29, 1.82) is 0 Å². The van der Waals surface area contributed by atoms with Crippen LogP contribution in [0.25, 0.3) is 0 Å². The lowest BCUT2D eigenvalue weighted by atomic mass is 10.0. The van der Waals surface area contributed by atoms with Crippen LogP contribution in [0.15, 0.2) is 12.2 Å². The van der Waals surface area contributed by atoms with Gasteiger partial charge in [0.1, 0.15) is 6.10 Å². The van der Waals surface area contributed by atoms with Crippen LogP contribution in [0.1, 0.15) is 78.6 Å². The van der Waals surface area contributed by atoms with Gasteiger partial charge in [0, 0.05) is 5.57 Å². The third-order valence-electron chi connectivity index (χ3n) is 3.30. The fourth-order valence-electron chi connectivity index (χ4n) is 2.01. The van der Waals surface area contributed by atoms with Crippen molar-refractivity contribution in [3.8, 4) is 0 Å². The van der Waals surface area contributed by atoms with Gasteiger partial charge in [0.2, 0.25) is 0 Å². The van der Waals surface area contributed by atoms with Gasteiger partial charge >= 0.3 is 12.1 Å². The number of rotatable bonds is 11. The smallest absolute Gasteiger partial charge is 0.431 e. The van der Waals surface area contributed by atoms with Crippen molar-refractivity contribution >= 4 is 12.1 Å². The summed E-state index contributed by atoms with van der Waals surface area (Å²) >= 11 is 0. The van der Waals surface area contributed by atoms with E-state index in [2.05, 4.69) is 25.2 Å². The number of carbonyl (C=O) groups is 2. The Labute approximate surface area is 128 Å². The Balaban J connectivity index is 4.19. The van der Waals surface area contributed by atoms with E-state index < -0.39 is 12.1 Å². The molecule has 1 atom stereocenters. The van der Waals surface area contributed by atoms with Gasteiger partial charge in [0.25, 0.3) is 0 Å². The van der Waals surface area contributed by atoms with Crippen LogP contribution >= 0.6 is 0 Å². The molecule has 1 unspecified atom stereocenters. The Hall–Kier alpha value is -1.32. The highest BCUT2D eigenvalue weighted by Crippen LogP contribution is 2.16. The third-order valence-corrected chi connectivity index (χ3v) is 3.30. The van der Waals surface area contributed by atoms with Crippen LogP contribution in [-0.4, -0.2) is 18.2 Å². The maximum absolute atomic E-state index is 11.6. The van der Waals surface area contributed by atoms with Crippen LogP contribution in [-0.2, 0) is 14.3 Å². The van der Waals surface area contributed by atoms with Crippen molar-refractivity contribution in [2.24, 2.45) is 0 Å². The van der Waals surface area contributed by atoms with Crippen LogP contribution in [0.5, 0.6) is 0 Å². The molecular formula is C17H30O4. The normalized spacial score (nSPS) is 11.8. The molecule has 0 amide bonds. The second kappa shape index (κ2) is 12.4. The van der Waals surface area contributed by atoms with Gasteiger partial charge in [0.15, 0.2) is 0 Å². The van der Waals surface area contributed by atoms with Gasteiger partial charge in [-0.25, -0.2) is 9.59 Å². The fourth-order valence-corrected chi connectivity index (χ4v) is 2.01. The number of esters is 1. The van der Waals surface area contributed by atoms with E-state index in [0.29, 0.717) is 0 Å². The summed E-state index contributed by atoms with van der Waals surface area (Å²) in [4.78, 5) is 22.9. The Morgan fingerprint density at radius 1 is 0.952 bits per heavy atom. The van der Waals surface area contributed by atoms with E-state index >= 15 is 0 Å². The molecule has 122 valence electrons. The lowest BCUT2D eigenvalue weighted by Gasteiger charge is -2.17. The van der Waals surface area contributed by atoms with E-state index in [4.69, 9.17) is 4.74 Å². The zero-order valence-corrected chi connectivity index (χ0v) is 13.8. The van der Waals surface area contributed by atoms with Gasteiger partial charge in [-0.2, -0.15) is 0 Å². The predicted octanol–water partition coefficient (Wildman–Crippen LogP) is 5.16. The monoisotopic (exact) mass is 298 g/mol. The maximum atomic E-state index is 11.6. The fraction of sp³-hybridized carbons (Fsp3) is 0.765. The summed E-state index contributed by atoms with van der Waals surface area (Å²) in [5.41, 5.74) is 0.192. The second-order valence-electron chi connectivity index (χ2n) is 5.50. The second-order valence-corrected chi connectivity index (χ2v) is 5.50. The first-order chi connectivity index (χ1) is 10.0. The van der Waals surface area contributed by atoms with Crippen molar-refractivity contribution in [3.63, 3.8) is 0 Å². The predicted molar refractivity (Wildman–Crippen MR) is 84.1 cm³/mol. The van der Waals surface area contributed by atoms with E-state index in [1.807, 2.05) is 0 Å². The lowest BCUT2D eigenvalue weighted by molar-refractivity contribution is -0.136. The highest BCUT2D eigenvalue weighted by atomic mass is 16.7. The van der Waals surface area contributed by atoms with Crippen molar-refractivity contribution in [1.82, 2.24) is 0 Å². The largest absolute Gasteiger partial charge is 0.516 e. The molecule has 0 aliphatic carbocycles. The third kappa shape index (κ3) is 11.1. The highest BCUT2D eigenvalue weighted by Gasteiger charge is 2.18. The average molecular weight is 298 g/mol. The van der Waals surface area contributed by atoms with Gasteiger partial charge < -0.3 is 9.47 Å². The van der Waals surface area contributed by atoms with Gasteiger partial charge in [-0.3, -0.25) is 0 Å². The summed E-state index contributed by atoms with van der Waals surface area (Å²) in [7, 11) is 0. The summed E-state index contributed by atoms with van der Waals surface area (Å²) in [6, 6.07) is 0. The molecule has 0 rings (SSSR count). The molecule has 0 spiro atoms. The average Bonchev–Trinajstić information content (AvgIpc) is 2.43. The maximum Gasteiger partial charge on any atom is 0.516 e. The van der Waals surface area contributed by atoms with E-state index in [1.165, 1.54) is 19.8 Å². The molecule has 0 heterocycles. The number of carbonyl (C=O) groups excluding carboxylic acids is 2. The summed E-state index contributed by atoms with van der Waals surface area (Å²) in [5, 5.41) is 0. The van der Waals surface area contributed by atoms with E-state index in [1.54, 1.807) is 0 Å². The van der Waals surface area contributed by atoms with Crippen LogP contribution in [0, 0.1) is 0 Å². The number of ether oxygens (including phenoxy) is 2. The quantitative estimate of drug-likeness (QED) is 0.229. The highest BCUT2D eigenvalue weighted by molar-refractivity contribution is 5.93. The molecule has 0 fully saturated rings. The molecule has 0 aliphatic heterocycles. The minimum Gasteiger partial charge on any atom is -0.431 e. The SMILES string of the molecule is C=C(C)C(=O)OC(=O)OC(CCCCC)CCCCCC. The topological polar surface area (TPSA) is 52.6 Å². The first-order valence-corrected chi connectivity index (χ1v) is 8.09. The summed E-state index contributed by atoms with van der Waals surface area (Å²) < 4.78 is 9.85. The molecule has 0 saturated heterocycles. The molecule has 0 aliphatic rings. The standard InChI is InChI=1S/C17H30O4/c1-5-7-9-11-13-15(12-10-8-6-2)20-17(19)21-16(18)14(3)4/h15H,3,5-13H2,1-2,4H3. The summed E-state index contributed by atoms with van der Waals surface area (Å²) in [5.74, 6) is -0.724. The van der Waals surface area contributed by atoms with Gasteiger partial charge in [-0.1, -0.05) is 52.5 Å². The number of hydrogen-bond acceptors (Lipinski definition) is 4. The van der Waals surface area contributed by atoms with E-state index in [0.717, 1.165) is 44.9 Å².